The highest BCUT2D eigenvalue weighted by Gasteiger charge is 2.43. The molecule has 0 aliphatic heterocycles. The van der Waals surface area contributed by atoms with Gasteiger partial charge in [0, 0.05) is 24.2 Å². The number of benzene rings is 1. The Morgan fingerprint density at radius 1 is 1.50 bits per heavy atom. The van der Waals surface area contributed by atoms with Crippen LogP contribution in [-0.4, -0.2) is 25.4 Å². The molecule has 1 unspecified atom stereocenters. The number of nitro groups is 1. The highest BCUT2D eigenvalue weighted by atomic mass is 32.2. The maximum Gasteiger partial charge on any atom is 0.270 e. The van der Waals surface area contributed by atoms with E-state index in [1.54, 1.807) is 6.92 Å². The van der Waals surface area contributed by atoms with Crippen LogP contribution in [-0.2, 0) is 10.0 Å². The van der Waals surface area contributed by atoms with Crippen molar-refractivity contribution in [3.8, 4) is 0 Å². The molecule has 1 atom stereocenters. The highest BCUT2D eigenvalue weighted by Crippen LogP contribution is 2.39. The van der Waals surface area contributed by atoms with Crippen LogP contribution >= 0.6 is 0 Å². The first-order chi connectivity index (χ1) is 9.28. The van der Waals surface area contributed by atoms with Gasteiger partial charge < -0.3 is 5.73 Å². The van der Waals surface area contributed by atoms with Gasteiger partial charge in [-0.1, -0.05) is 6.07 Å². The van der Waals surface area contributed by atoms with E-state index >= 15 is 0 Å². The van der Waals surface area contributed by atoms with Crippen molar-refractivity contribution in [1.82, 2.24) is 4.72 Å². The third-order valence-corrected chi connectivity index (χ3v) is 5.22. The van der Waals surface area contributed by atoms with Gasteiger partial charge in [-0.05, 0) is 31.7 Å². The van der Waals surface area contributed by atoms with Crippen LogP contribution in [0.15, 0.2) is 29.2 Å². The number of rotatable bonds is 6. The standard InChI is InChI=1S/C12H17N3O4S/c1-12(8-13,9-5-6-9)14-20(18,19)11-4-2-3-10(7-11)15(16)17/h2-4,7,9,14H,5-6,8,13H2,1H3. The molecule has 0 amide bonds. The summed E-state index contributed by atoms with van der Waals surface area (Å²) in [6.07, 6.45) is 1.87. The number of hydrogen-bond donors (Lipinski definition) is 2. The summed E-state index contributed by atoms with van der Waals surface area (Å²) >= 11 is 0. The normalized spacial score (nSPS) is 18.5. The lowest BCUT2D eigenvalue weighted by molar-refractivity contribution is -0.385. The average molecular weight is 299 g/mol. The Bertz CT molecular complexity index is 627. The first-order valence-corrected chi connectivity index (χ1v) is 7.75. The van der Waals surface area contributed by atoms with Crippen molar-refractivity contribution in [2.75, 3.05) is 6.54 Å². The number of nitrogens with one attached hydrogen (secondary N) is 1. The molecule has 8 heteroatoms. The lowest BCUT2D eigenvalue weighted by Crippen LogP contribution is -2.52. The monoisotopic (exact) mass is 299 g/mol. The van der Waals surface area contributed by atoms with E-state index in [1.165, 1.54) is 18.2 Å². The Balaban J connectivity index is 2.30. The van der Waals surface area contributed by atoms with Crippen LogP contribution < -0.4 is 10.5 Å². The number of nitrogens with zero attached hydrogens (tertiary/aromatic N) is 1. The summed E-state index contributed by atoms with van der Waals surface area (Å²) in [6.45, 7) is 1.95. The number of nitro benzene ring substituents is 1. The zero-order valence-corrected chi connectivity index (χ0v) is 11.9. The van der Waals surface area contributed by atoms with Crippen molar-refractivity contribution >= 4 is 15.7 Å². The topological polar surface area (TPSA) is 115 Å². The fraction of sp³-hybridized carbons (Fsp3) is 0.500. The Labute approximate surface area is 117 Å². The lowest BCUT2D eigenvalue weighted by Gasteiger charge is -2.29. The second-order valence-electron chi connectivity index (χ2n) is 5.26. The van der Waals surface area contributed by atoms with Gasteiger partial charge in [0.1, 0.15) is 0 Å². The Morgan fingerprint density at radius 2 is 2.15 bits per heavy atom. The molecule has 0 heterocycles. The van der Waals surface area contributed by atoms with Gasteiger partial charge >= 0.3 is 0 Å². The molecular weight excluding hydrogens is 282 g/mol. The summed E-state index contributed by atoms with van der Waals surface area (Å²) in [5.41, 5.74) is 4.72. The third-order valence-electron chi connectivity index (χ3n) is 3.61. The largest absolute Gasteiger partial charge is 0.329 e. The minimum Gasteiger partial charge on any atom is -0.329 e. The van der Waals surface area contributed by atoms with E-state index in [9.17, 15) is 18.5 Å². The van der Waals surface area contributed by atoms with Crippen LogP contribution in [0.1, 0.15) is 19.8 Å². The molecule has 2 rings (SSSR count). The molecular formula is C12H17N3O4S. The van der Waals surface area contributed by atoms with Gasteiger partial charge in [0.05, 0.1) is 9.82 Å². The van der Waals surface area contributed by atoms with E-state index in [0.717, 1.165) is 18.9 Å². The van der Waals surface area contributed by atoms with Crippen LogP contribution in [0, 0.1) is 16.0 Å². The first kappa shape index (κ1) is 14.9. The second-order valence-corrected chi connectivity index (χ2v) is 6.94. The highest BCUT2D eigenvalue weighted by molar-refractivity contribution is 7.89. The molecule has 3 N–H and O–H groups in total. The van der Waals surface area contributed by atoms with Gasteiger partial charge in [-0.25, -0.2) is 13.1 Å². The van der Waals surface area contributed by atoms with E-state index in [0.29, 0.717) is 0 Å². The number of nitrogens with two attached hydrogens (primary N) is 1. The third kappa shape index (κ3) is 2.97. The van der Waals surface area contributed by atoms with Crippen molar-refractivity contribution in [3.63, 3.8) is 0 Å². The number of non-ortho nitro benzene ring substituents is 1. The molecule has 1 aliphatic carbocycles. The number of sulfonamides is 1. The van der Waals surface area contributed by atoms with Gasteiger partial charge in [-0.15, -0.1) is 0 Å². The van der Waals surface area contributed by atoms with E-state index < -0.39 is 20.5 Å². The van der Waals surface area contributed by atoms with Gasteiger partial charge in [0.15, 0.2) is 0 Å². The molecule has 1 aliphatic rings. The van der Waals surface area contributed by atoms with E-state index in [-0.39, 0.29) is 23.0 Å². The summed E-state index contributed by atoms with van der Waals surface area (Å²) in [6, 6.07) is 4.98. The zero-order chi connectivity index (χ0) is 15.0. The predicted molar refractivity (Wildman–Crippen MR) is 73.6 cm³/mol. The minimum atomic E-state index is -3.83. The van der Waals surface area contributed by atoms with Gasteiger partial charge in [-0.2, -0.15) is 0 Å². The molecule has 7 nitrogen and oxygen atoms in total. The van der Waals surface area contributed by atoms with Crippen molar-refractivity contribution in [1.29, 1.82) is 0 Å². The molecule has 0 spiro atoms. The molecule has 0 radical (unpaired) electrons. The maximum atomic E-state index is 12.3. The minimum absolute atomic E-state index is 0.118. The Hall–Kier alpha value is -1.51. The summed E-state index contributed by atoms with van der Waals surface area (Å²) in [5, 5.41) is 10.7. The maximum absolute atomic E-state index is 12.3. The molecule has 0 bridgehead atoms. The van der Waals surface area contributed by atoms with Crippen LogP contribution in [0.3, 0.4) is 0 Å². The van der Waals surface area contributed by atoms with E-state index in [2.05, 4.69) is 4.72 Å². The summed E-state index contributed by atoms with van der Waals surface area (Å²) < 4.78 is 27.2. The molecule has 1 aromatic rings. The predicted octanol–water partition coefficient (Wildman–Crippen LogP) is 1.00. The molecule has 20 heavy (non-hydrogen) atoms. The average Bonchev–Trinajstić information content (AvgIpc) is 3.23. The molecule has 0 aromatic heterocycles. The van der Waals surface area contributed by atoms with Gasteiger partial charge in [-0.3, -0.25) is 10.1 Å². The number of hydrogen-bond acceptors (Lipinski definition) is 5. The van der Waals surface area contributed by atoms with Crippen molar-refractivity contribution < 1.29 is 13.3 Å². The smallest absolute Gasteiger partial charge is 0.270 e. The fourth-order valence-corrected chi connectivity index (χ4v) is 3.66. The van der Waals surface area contributed by atoms with Gasteiger partial charge in [0.2, 0.25) is 10.0 Å². The summed E-state index contributed by atoms with van der Waals surface area (Å²) in [4.78, 5) is 9.97. The van der Waals surface area contributed by atoms with E-state index in [1.807, 2.05) is 0 Å². The van der Waals surface area contributed by atoms with Crippen molar-refractivity contribution in [2.45, 2.75) is 30.2 Å². The quantitative estimate of drug-likeness (QED) is 0.600. The van der Waals surface area contributed by atoms with Crippen molar-refractivity contribution in [3.05, 3.63) is 34.4 Å². The van der Waals surface area contributed by atoms with Gasteiger partial charge in [0.25, 0.3) is 5.69 Å². The summed E-state index contributed by atoms with van der Waals surface area (Å²) in [7, 11) is -3.83. The van der Waals surface area contributed by atoms with Crippen LogP contribution in [0.5, 0.6) is 0 Å². The molecule has 1 fully saturated rings. The first-order valence-electron chi connectivity index (χ1n) is 6.27. The lowest BCUT2D eigenvalue weighted by atomic mass is 9.98. The molecule has 0 saturated heterocycles. The second kappa shape index (κ2) is 5.12. The van der Waals surface area contributed by atoms with Crippen LogP contribution in [0.2, 0.25) is 0 Å². The SMILES string of the molecule is CC(CN)(NS(=O)(=O)c1cccc([N+](=O)[O-])c1)C1CC1. The molecule has 110 valence electrons. The zero-order valence-electron chi connectivity index (χ0n) is 11.1. The fourth-order valence-electron chi connectivity index (χ4n) is 2.14. The van der Waals surface area contributed by atoms with Crippen LogP contribution in [0.4, 0.5) is 5.69 Å². The van der Waals surface area contributed by atoms with Crippen molar-refractivity contribution in [2.24, 2.45) is 11.7 Å². The Kier molecular flexibility index (Phi) is 3.81. The van der Waals surface area contributed by atoms with E-state index in [4.69, 9.17) is 5.73 Å². The summed E-state index contributed by atoms with van der Waals surface area (Å²) in [5.74, 6) is 0.223. The van der Waals surface area contributed by atoms with Crippen LogP contribution in [0.25, 0.3) is 0 Å². The molecule has 1 saturated carbocycles. The Morgan fingerprint density at radius 3 is 2.65 bits per heavy atom. The molecule has 1 aromatic carbocycles.